The van der Waals surface area contributed by atoms with Crippen molar-refractivity contribution >= 4 is 15.9 Å². The SMILES string of the molecule is C/C=C\CC[C@@H](N)c1ccncc1Br. The van der Waals surface area contributed by atoms with Gasteiger partial charge in [0.15, 0.2) is 0 Å². The largest absolute Gasteiger partial charge is 0.324 e. The Morgan fingerprint density at radius 2 is 2.43 bits per heavy atom. The van der Waals surface area contributed by atoms with Gasteiger partial charge in [0, 0.05) is 22.9 Å². The Morgan fingerprint density at radius 1 is 1.64 bits per heavy atom. The summed E-state index contributed by atoms with van der Waals surface area (Å²) < 4.78 is 0.993. The van der Waals surface area contributed by atoms with Crippen molar-refractivity contribution in [3.05, 3.63) is 40.6 Å². The smallest absolute Gasteiger partial charge is 0.0413 e. The van der Waals surface area contributed by atoms with Gasteiger partial charge in [-0.15, -0.1) is 0 Å². The van der Waals surface area contributed by atoms with Crippen molar-refractivity contribution in [3.63, 3.8) is 0 Å². The third kappa shape index (κ3) is 3.24. The lowest BCUT2D eigenvalue weighted by Gasteiger charge is -2.11. The summed E-state index contributed by atoms with van der Waals surface area (Å²) in [7, 11) is 0. The Balaban J connectivity index is 2.60. The monoisotopic (exact) mass is 254 g/mol. The first kappa shape index (κ1) is 11.4. The fourth-order valence-electron chi connectivity index (χ4n) is 1.28. The normalized spacial score (nSPS) is 13.4. The van der Waals surface area contributed by atoms with Gasteiger partial charge in [0.2, 0.25) is 0 Å². The maximum atomic E-state index is 6.04. The van der Waals surface area contributed by atoms with Crippen LogP contribution in [0, 0.1) is 0 Å². The van der Waals surface area contributed by atoms with E-state index in [9.17, 15) is 0 Å². The molecule has 0 radical (unpaired) electrons. The zero-order chi connectivity index (χ0) is 10.4. The van der Waals surface area contributed by atoms with Crippen LogP contribution in [0.15, 0.2) is 35.1 Å². The Morgan fingerprint density at radius 3 is 3.07 bits per heavy atom. The molecule has 14 heavy (non-hydrogen) atoms. The first-order valence-electron chi connectivity index (χ1n) is 4.72. The van der Waals surface area contributed by atoms with E-state index < -0.39 is 0 Å². The van der Waals surface area contributed by atoms with Crippen molar-refractivity contribution in [2.45, 2.75) is 25.8 Å². The van der Waals surface area contributed by atoms with Crippen molar-refractivity contribution < 1.29 is 0 Å². The lowest BCUT2D eigenvalue weighted by molar-refractivity contribution is 0.657. The first-order valence-corrected chi connectivity index (χ1v) is 5.51. The topological polar surface area (TPSA) is 38.9 Å². The number of pyridine rings is 1. The molecule has 0 aliphatic rings. The van der Waals surface area contributed by atoms with Gasteiger partial charge in [0.05, 0.1) is 0 Å². The highest BCUT2D eigenvalue weighted by atomic mass is 79.9. The van der Waals surface area contributed by atoms with Crippen LogP contribution in [0.4, 0.5) is 0 Å². The van der Waals surface area contributed by atoms with E-state index in [1.54, 1.807) is 12.4 Å². The predicted molar refractivity (Wildman–Crippen MR) is 62.9 cm³/mol. The van der Waals surface area contributed by atoms with Gasteiger partial charge in [-0.05, 0) is 47.3 Å². The molecule has 0 amide bonds. The molecule has 1 rings (SSSR count). The van der Waals surface area contributed by atoms with Gasteiger partial charge in [-0.2, -0.15) is 0 Å². The molecule has 3 heteroatoms. The Kier molecular flexibility index (Phi) is 4.84. The number of aromatic nitrogens is 1. The minimum absolute atomic E-state index is 0.0866. The Hall–Kier alpha value is -0.670. The summed E-state index contributed by atoms with van der Waals surface area (Å²) in [6.07, 6.45) is 9.73. The van der Waals surface area contributed by atoms with Crippen molar-refractivity contribution in [2.24, 2.45) is 5.73 Å². The second-order valence-electron chi connectivity index (χ2n) is 3.15. The van der Waals surface area contributed by atoms with E-state index in [1.807, 2.05) is 19.1 Å². The van der Waals surface area contributed by atoms with Crippen LogP contribution >= 0.6 is 15.9 Å². The van der Waals surface area contributed by atoms with Crippen molar-refractivity contribution in [1.29, 1.82) is 0 Å². The molecule has 0 saturated carbocycles. The van der Waals surface area contributed by atoms with Gasteiger partial charge in [-0.1, -0.05) is 12.2 Å². The van der Waals surface area contributed by atoms with E-state index in [2.05, 4.69) is 27.0 Å². The van der Waals surface area contributed by atoms with E-state index in [0.29, 0.717) is 0 Å². The molecule has 2 nitrogen and oxygen atoms in total. The number of allylic oxidation sites excluding steroid dienone is 2. The Labute approximate surface area is 93.4 Å². The summed E-state index contributed by atoms with van der Waals surface area (Å²) in [5.74, 6) is 0. The maximum Gasteiger partial charge on any atom is 0.0413 e. The molecule has 0 fully saturated rings. The second kappa shape index (κ2) is 5.94. The zero-order valence-corrected chi connectivity index (χ0v) is 9.87. The molecule has 0 aliphatic heterocycles. The van der Waals surface area contributed by atoms with E-state index >= 15 is 0 Å². The standard InChI is InChI=1S/C11H15BrN2/c1-2-3-4-5-11(13)9-6-7-14-8-10(9)12/h2-3,6-8,11H,4-5,13H2,1H3/b3-2-/t11-/m1/s1. The van der Waals surface area contributed by atoms with Crippen LogP contribution in [-0.4, -0.2) is 4.98 Å². The molecule has 0 saturated heterocycles. The average Bonchev–Trinajstić information content (AvgIpc) is 2.18. The van der Waals surface area contributed by atoms with E-state index in [0.717, 1.165) is 22.9 Å². The van der Waals surface area contributed by atoms with Gasteiger partial charge < -0.3 is 5.73 Å². The van der Waals surface area contributed by atoms with Crippen LogP contribution in [0.25, 0.3) is 0 Å². The van der Waals surface area contributed by atoms with Crippen molar-refractivity contribution in [3.8, 4) is 0 Å². The molecule has 1 aromatic heterocycles. The highest BCUT2D eigenvalue weighted by molar-refractivity contribution is 9.10. The lowest BCUT2D eigenvalue weighted by Crippen LogP contribution is -2.10. The summed E-state index contributed by atoms with van der Waals surface area (Å²) in [6.45, 7) is 2.02. The van der Waals surface area contributed by atoms with Gasteiger partial charge in [0.1, 0.15) is 0 Å². The van der Waals surface area contributed by atoms with Crippen LogP contribution in [0.3, 0.4) is 0 Å². The van der Waals surface area contributed by atoms with Crippen LogP contribution in [0.1, 0.15) is 31.4 Å². The van der Waals surface area contributed by atoms with Crippen LogP contribution < -0.4 is 5.73 Å². The molecule has 2 N–H and O–H groups in total. The molecule has 1 atom stereocenters. The number of nitrogens with two attached hydrogens (primary N) is 1. The number of hydrogen-bond donors (Lipinski definition) is 1. The number of hydrogen-bond acceptors (Lipinski definition) is 2. The average molecular weight is 255 g/mol. The lowest BCUT2D eigenvalue weighted by atomic mass is 10.0. The van der Waals surface area contributed by atoms with E-state index in [-0.39, 0.29) is 6.04 Å². The van der Waals surface area contributed by atoms with E-state index in [4.69, 9.17) is 5.73 Å². The first-order chi connectivity index (χ1) is 6.75. The second-order valence-corrected chi connectivity index (χ2v) is 4.00. The summed E-state index contributed by atoms with van der Waals surface area (Å²) in [5.41, 5.74) is 7.17. The maximum absolute atomic E-state index is 6.04. The van der Waals surface area contributed by atoms with Gasteiger partial charge >= 0.3 is 0 Å². The minimum Gasteiger partial charge on any atom is -0.324 e. The summed E-state index contributed by atoms with van der Waals surface area (Å²) >= 11 is 3.45. The van der Waals surface area contributed by atoms with Crippen molar-refractivity contribution in [2.75, 3.05) is 0 Å². The van der Waals surface area contributed by atoms with Gasteiger partial charge in [-0.3, -0.25) is 4.98 Å². The fraction of sp³-hybridized carbons (Fsp3) is 0.364. The molecule has 0 spiro atoms. The molecule has 0 aromatic carbocycles. The Bertz CT molecular complexity index is 310. The third-order valence-corrected chi connectivity index (χ3v) is 2.75. The highest BCUT2D eigenvalue weighted by Crippen LogP contribution is 2.23. The highest BCUT2D eigenvalue weighted by Gasteiger charge is 2.07. The number of rotatable bonds is 4. The summed E-state index contributed by atoms with van der Waals surface area (Å²) in [5, 5.41) is 0. The molecule has 0 aliphatic carbocycles. The molecule has 0 unspecified atom stereocenters. The molecule has 1 aromatic rings. The molecule has 1 heterocycles. The molecule has 0 bridgehead atoms. The fourth-order valence-corrected chi connectivity index (χ4v) is 1.83. The molecular formula is C11H15BrN2. The summed E-state index contributed by atoms with van der Waals surface area (Å²) in [4.78, 5) is 4.01. The predicted octanol–water partition coefficient (Wildman–Crippen LogP) is 3.20. The summed E-state index contributed by atoms with van der Waals surface area (Å²) in [6, 6.07) is 2.05. The van der Waals surface area contributed by atoms with Gasteiger partial charge in [-0.25, -0.2) is 0 Å². The van der Waals surface area contributed by atoms with E-state index in [1.165, 1.54) is 0 Å². The number of halogens is 1. The third-order valence-electron chi connectivity index (χ3n) is 2.08. The zero-order valence-electron chi connectivity index (χ0n) is 8.28. The molecule has 76 valence electrons. The van der Waals surface area contributed by atoms with Crippen LogP contribution in [-0.2, 0) is 0 Å². The van der Waals surface area contributed by atoms with Crippen LogP contribution in [0.2, 0.25) is 0 Å². The van der Waals surface area contributed by atoms with Gasteiger partial charge in [0.25, 0.3) is 0 Å². The minimum atomic E-state index is 0.0866. The van der Waals surface area contributed by atoms with Crippen molar-refractivity contribution in [1.82, 2.24) is 4.98 Å². The number of nitrogens with zero attached hydrogens (tertiary/aromatic N) is 1. The quantitative estimate of drug-likeness (QED) is 0.839. The molecular weight excluding hydrogens is 240 g/mol. The van der Waals surface area contributed by atoms with Crippen LogP contribution in [0.5, 0.6) is 0 Å².